The molecule has 1 amide bonds. The molecule has 0 bridgehead atoms. The molecular weight excluding hydrogens is 378 g/mol. The Hall–Kier alpha value is -1.56. The number of nitrogens with zero attached hydrogens (tertiary/aromatic N) is 3. The second-order valence-corrected chi connectivity index (χ2v) is 8.74. The minimum absolute atomic E-state index is 0.0982. The lowest BCUT2D eigenvalue weighted by molar-refractivity contribution is 0.0749. The summed E-state index contributed by atoms with van der Waals surface area (Å²) in [7, 11) is 0. The van der Waals surface area contributed by atoms with Gasteiger partial charge >= 0.3 is 0 Å². The highest BCUT2D eigenvalue weighted by Gasteiger charge is 2.28. The maximum atomic E-state index is 12.9. The van der Waals surface area contributed by atoms with Gasteiger partial charge in [-0.1, -0.05) is 29.8 Å². The molecule has 0 unspecified atom stereocenters. The Morgan fingerprint density at radius 1 is 1.00 bits per heavy atom. The number of rotatable bonds is 4. The minimum Gasteiger partial charge on any atom is -0.337 e. The van der Waals surface area contributed by atoms with Crippen molar-refractivity contribution >= 4 is 29.3 Å². The zero-order valence-electron chi connectivity index (χ0n) is 15.3. The Kier molecular flexibility index (Phi) is 6.01. The quantitative estimate of drug-likeness (QED) is 0.750. The van der Waals surface area contributed by atoms with Crippen molar-refractivity contribution in [2.45, 2.75) is 41.6 Å². The first-order valence-electron chi connectivity index (χ1n) is 9.62. The fourth-order valence-electron chi connectivity index (χ4n) is 3.63. The van der Waals surface area contributed by atoms with E-state index in [-0.39, 0.29) is 5.91 Å². The van der Waals surface area contributed by atoms with Gasteiger partial charge in [-0.2, -0.15) is 0 Å². The van der Waals surface area contributed by atoms with E-state index in [2.05, 4.69) is 9.88 Å². The monoisotopic (exact) mass is 401 g/mol. The predicted octanol–water partition coefficient (Wildman–Crippen LogP) is 4.59. The van der Waals surface area contributed by atoms with E-state index in [0.717, 1.165) is 53.6 Å². The van der Waals surface area contributed by atoms with E-state index in [1.54, 1.807) is 18.0 Å². The SMILES string of the molecule is O=C(c1ccc(Sc2ccc(Cl)cc2)nc1)N1CCCN(C2CCC2)CC1. The van der Waals surface area contributed by atoms with Crippen LogP contribution in [0.1, 0.15) is 36.0 Å². The summed E-state index contributed by atoms with van der Waals surface area (Å²) < 4.78 is 0. The van der Waals surface area contributed by atoms with Gasteiger partial charge in [0, 0.05) is 48.3 Å². The number of benzene rings is 1. The standard InChI is InChI=1S/C21H24ClN3OS/c22-17-6-8-19(9-7-17)27-20-10-5-16(15-23-20)21(26)25-12-2-11-24(13-14-25)18-3-1-4-18/h5-10,15,18H,1-4,11-14H2. The highest BCUT2D eigenvalue weighted by atomic mass is 35.5. The molecule has 0 atom stereocenters. The van der Waals surface area contributed by atoms with Gasteiger partial charge in [-0.3, -0.25) is 9.69 Å². The summed E-state index contributed by atoms with van der Waals surface area (Å²) in [4.78, 5) is 23.0. The predicted molar refractivity (Wildman–Crippen MR) is 110 cm³/mol. The lowest BCUT2D eigenvalue weighted by atomic mass is 9.91. The van der Waals surface area contributed by atoms with Crippen LogP contribution in [0, 0.1) is 0 Å². The molecule has 0 spiro atoms. The van der Waals surface area contributed by atoms with Crippen molar-refractivity contribution < 1.29 is 4.79 Å². The van der Waals surface area contributed by atoms with Crippen molar-refractivity contribution in [2.75, 3.05) is 26.2 Å². The third kappa shape index (κ3) is 4.65. The minimum atomic E-state index is 0.0982. The van der Waals surface area contributed by atoms with Gasteiger partial charge in [0.2, 0.25) is 0 Å². The van der Waals surface area contributed by atoms with E-state index in [1.165, 1.54) is 19.3 Å². The van der Waals surface area contributed by atoms with Crippen molar-refractivity contribution in [2.24, 2.45) is 0 Å². The zero-order chi connectivity index (χ0) is 18.6. The number of hydrogen-bond donors (Lipinski definition) is 0. The number of halogens is 1. The number of aromatic nitrogens is 1. The van der Waals surface area contributed by atoms with Crippen LogP contribution in [0.2, 0.25) is 5.02 Å². The first-order valence-corrected chi connectivity index (χ1v) is 10.8. The molecule has 1 aromatic carbocycles. The van der Waals surface area contributed by atoms with Crippen LogP contribution in [0.4, 0.5) is 0 Å². The van der Waals surface area contributed by atoms with Crippen LogP contribution in [-0.2, 0) is 0 Å². The van der Waals surface area contributed by atoms with E-state index in [1.807, 2.05) is 41.3 Å². The molecule has 0 N–H and O–H groups in total. The smallest absolute Gasteiger partial charge is 0.255 e. The topological polar surface area (TPSA) is 36.4 Å². The van der Waals surface area contributed by atoms with Crippen LogP contribution in [0.5, 0.6) is 0 Å². The number of carbonyl (C=O) groups is 1. The molecule has 2 aliphatic rings. The van der Waals surface area contributed by atoms with Crippen LogP contribution in [0.3, 0.4) is 0 Å². The fourth-order valence-corrected chi connectivity index (χ4v) is 4.51. The highest BCUT2D eigenvalue weighted by molar-refractivity contribution is 7.99. The van der Waals surface area contributed by atoms with E-state index >= 15 is 0 Å². The second-order valence-electron chi connectivity index (χ2n) is 7.21. The molecule has 1 saturated heterocycles. The maximum Gasteiger partial charge on any atom is 0.255 e. The number of hydrogen-bond acceptors (Lipinski definition) is 4. The van der Waals surface area contributed by atoms with Gasteiger partial charge in [0.15, 0.2) is 0 Å². The van der Waals surface area contributed by atoms with Crippen LogP contribution >= 0.6 is 23.4 Å². The van der Waals surface area contributed by atoms with Crippen molar-refractivity contribution in [3.05, 3.63) is 53.2 Å². The van der Waals surface area contributed by atoms with Gasteiger partial charge in [-0.15, -0.1) is 0 Å². The third-order valence-electron chi connectivity index (χ3n) is 5.43. The molecule has 1 saturated carbocycles. The van der Waals surface area contributed by atoms with Crippen LogP contribution in [0.25, 0.3) is 0 Å². The van der Waals surface area contributed by atoms with Crippen molar-refractivity contribution in [1.29, 1.82) is 0 Å². The molecule has 4 nitrogen and oxygen atoms in total. The number of carbonyl (C=O) groups excluding carboxylic acids is 1. The van der Waals surface area contributed by atoms with Gasteiger partial charge < -0.3 is 4.90 Å². The molecule has 2 aromatic rings. The summed E-state index contributed by atoms with van der Waals surface area (Å²) >= 11 is 7.49. The largest absolute Gasteiger partial charge is 0.337 e. The summed E-state index contributed by atoms with van der Waals surface area (Å²) in [5.74, 6) is 0.0982. The van der Waals surface area contributed by atoms with Gasteiger partial charge in [0.25, 0.3) is 5.91 Å². The molecule has 142 valence electrons. The highest BCUT2D eigenvalue weighted by Crippen LogP contribution is 2.28. The van der Waals surface area contributed by atoms with E-state index in [4.69, 9.17) is 11.6 Å². The first kappa shape index (κ1) is 18.8. The zero-order valence-corrected chi connectivity index (χ0v) is 16.9. The van der Waals surface area contributed by atoms with Crippen LogP contribution in [0.15, 0.2) is 52.5 Å². The lowest BCUT2D eigenvalue weighted by Gasteiger charge is -2.36. The Morgan fingerprint density at radius 3 is 2.48 bits per heavy atom. The molecule has 0 radical (unpaired) electrons. The second kappa shape index (κ2) is 8.63. The molecule has 1 aromatic heterocycles. The van der Waals surface area contributed by atoms with Crippen molar-refractivity contribution in [1.82, 2.24) is 14.8 Å². The molecular formula is C21H24ClN3OS. The summed E-state index contributed by atoms with van der Waals surface area (Å²) in [5.41, 5.74) is 0.674. The van der Waals surface area contributed by atoms with Crippen LogP contribution < -0.4 is 0 Å². The number of amides is 1. The number of pyridine rings is 1. The van der Waals surface area contributed by atoms with Gasteiger partial charge in [0.1, 0.15) is 5.03 Å². The molecule has 2 fully saturated rings. The van der Waals surface area contributed by atoms with E-state index < -0.39 is 0 Å². The molecule has 27 heavy (non-hydrogen) atoms. The normalized spacial score (nSPS) is 18.8. The lowest BCUT2D eigenvalue weighted by Crippen LogP contribution is -2.42. The Balaban J connectivity index is 1.36. The average Bonchev–Trinajstić information content (AvgIpc) is 2.88. The van der Waals surface area contributed by atoms with Gasteiger partial charge in [-0.25, -0.2) is 4.98 Å². The van der Waals surface area contributed by atoms with Crippen molar-refractivity contribution in [3.63, 3.8) is 0 Å². The van der Waals surface area contributed by atoms with Gasteiger partial charge in [0.05, 0.1) is 5.56 Å². The summed E-state index contributed by atoms with van der Waals surface area (Å²) in [6, 6.07) is 12.2. The molecule has 6 heteroatoms. The molecule has 4 rings (SSSR count). The fraction of sp³-hybridized carbons (Fsp3) is 0.429. The van der Waals surface area contributed by atoms with Gasteiger partial charge in [-0.05, 0) is 55.7 Å². The maximum absolute atomic E-state index is 12.9. The summed E-state index contributed by atoms with van der Waals surface area (Å²) in [6.45, 7) is 3.76. The average molecular weight is 402 g/mol. The van der Waals surface area contributed by atoms with Crippen molar-refractivity contribution in [3.8, 4) is 0 Å². The van der Waals surface area contributed by atoms with Crippen LogP contribution in [-0.4, -0.2) is 52.9 Å². The molecule has 1 aliphatic heterocycles. The molecule has 2 heterocycles. The molecule has 1 aliphatic carbocycles. The third-order valence-corrected chi connectivity index (χ3v) is 6.64. The Morgan fingerprint density at radius 2 is 1.81 bits per heavy atom. The Bertz CT molecular complexity index is 777. The van der Waals surface area contributed by atoms with E-state index in [9.17, 15) is 4.79 Å². The summed E-state index contributed by atoms with van der Waals surface area (Å²) in [5, 5.41) is 1.60. The Labute approximate surface area is 169 Å². The summed E-state index contributed by atoms with van der Waals surface area (Å²) in [6.07, 6.45) is 6.76. The van der Waals surface area contributed by atoms with E-state index in [0.29, 0.717) is 5.56 Å². The first-order chi connectivity index (χ1) is 13.2.